The van der Waals surface area contributed by atoms with Gasteiger partial charge in [0.15, 0.2) is 11.9 Å². The molecule has 1 aliphatic carbocycles. The van der Waals surface area contributed by atoms with Crippen LogP contribution in [0.5, 0.6) is 0 Å². The number of hydrogen-bond acceptors (Lipinski definition) is 8. The van der Waals surface area contributed by atoms with Crippen LogP contribution in [0.15, 0.2) is 0 Å². The zero-order valence-electron chi connectivity index (χ0n) is 16.5. The molecule has 0 N–H and O–H groups in total. The summed E-state index contributed by atoms with van der Waals surface area (Å²) in [5.74, 6) is 1.59. The first-order valence-corrected chi connectivity index (χ1v) is 12.2. The van der Waals surface area contributed by atoms with Crippen LogP contribution in [0.25, 0.3) is 0 Å². The highest BCUT2D eigenvalue weighted by molar-refractivity contribution is 8.12. The molecule has 0 aromatic heterocycles. The van der Waals surface area contributed by atoms with Crippen LogP contribution in [-0.4, -0.2) is 47.0 Å². The van der Waals surface area contributed by atoms with Gasteiger partial charge in [-0.1, -0.05) is 13.8 Å². The Labute approximate surface area is 169 Å². The summed E-state index contributed by atoms with van der Waals surface area (Å²) in [5, 5.41) is -0.237. The molecule has 0 aromatic carbocycles. The maximum atomic E-state index is 11.3. The van der Waals surface area contributed by atoms with Gasteiger partial charge in [0.25, 0.3) is 0 Å². The molecule has 0 radical (unpaired) electrons. The van der Waals surface area contributed by atoms with Gasteiger partial charge < -0.3 is 14.2 Å². The standard InChI is InChI=1S/C19H30O6S2/c1-11-5-6-14-12(2)15(27-10-9-21-17(20)26-4)22-16-19(14)13(11)7-8-18(3,23-16)24-25-19/h11-16H,5-10H2,1-4H3/t11-,12-,13+,14+,15+,16-,18-,19-/m1/s1. The lowest BCUT2D eigenvalue weighted by atomic mass is 9.58. The van der Waals surface area contributed by atoms with Gasteiger partial charge in [0.05, 0.1) is 0 Å². The predicted molar refractivity (Wildman–Crippen MR) is 104 cm³/mol. The van der Waals surface area contributed by atoms with Gasteiger partial charge in [-0.15, -0.1) is 11.8 Å². The first-order valence-electron chi connectivity index (χ1n) is 9.92. The number of carbonyl (C=O) groups is 1. The van der Waals surface area contributed by atoms with Crippen molar-refractivity contribution in [2.24, 2.45) is 23.7 Å². The number of fused-ring (bicyclic) bond motifs is 2. The average molecular weight is 419 g/mol. The Morgan fingerprint density at radius 3 is 2.78 bits per heavy atom. The fraction of sp³-hybridized carbons (Fsp3) is 0.947. The third-order valence-electron chi connectivity index (χ3n) is 6.85. The molecule has 4 saturated heterocycles. The van der Waals surface area contributed by atoms with E-state index in [1.165, 1.54) is 6.42 Å². The summed E-state index contributed by atoms with van der Waals surface area (Å²) in [4.78, 5) is 23.3. The summed E-state index contributed by atoms with van der Waals surface area (Å²) < 4.78 is 18.0. The van der Waals surface area contributed by atoms with Gasteiger partial charge in [-0.2, -0.15) is 0 Å². The largest absolute Gasteiger partial charge is 0.457 e. The van der Waals surface area contributed by atoms with Crippen LogP contribution in [0, 0.1) is 23.7 Å². The minimum absolute atomic E-state index is 0.000729. The van der Waals surface area contributed by atoms with Gasteiger partial charge >= 0.3 is 5.30 Å². The van der Waals surface area contributed by atoms with Gasteiger partial charge in [-0.25, -0.2) is 14.6 Å². The highest BCUT2D eigenvalue weighted by Gasteiger charge is 2.69. The summed E-state index contributed by atoms with van der Waals surface area (Å²) >= 11 is 2.80. The maximum Gasteiger partial charge on any atom is 0.367 e. The Kier molecular flexibility index (Phi) is 5.78. The van der Waals surface area contributed by atoms with Crippen LogP contribution >= 0.6 is 23.5 Å². The Morgan fingerprint density at radius 1 is 1.19 bits per heavy atom. The average Bonchev–Trinajstić information content (AvgIpc) is 2.88. The van der Waals surface area contributed by atoms with E-state index >= 15 is 0 Å². The Hall–Kier alpha value is 0.01000. The fourth-order valence-electron chi connectivity index (χ4n) is 5.41. The molecule has 0 aromatic rings. The second-order valence-corrected chi connectivity index (χ2v) is 10.4. The van der Waals surface area contributed by atoms with Crippen LogP contribution < -0.4 is 0 Å². The fourth-order valence-corrected chi connectivity index (χ4v) is 6.70. The molecule has 5 fully saturated rings. The lowest BCUT2D eigenvalue weighted by Crippen LogP contribution is -2.70. The summed E-state index contributed by atoms with van der Waals surface area (Å²) in [6.07, 6.45) is 5.50. The highest BCUT2D eigenvalue weighted by atomic mass is 32.2. The van der Waals surface area contributed by atoms with Crippen LogP contribution in [0.4, 0.5) is 4.79 Å². The maximum absolute atomic E-state index is 11.3. The van der Waals surface area contributed by atoms with Crippen LogP contribution in [0.2, 0.25) is 0 Å². The zero-order chi connectivity index (χ0) is 19.2. The van der Waals surface area contributed by atoms with E-state index in [1.54, 1.807) is 18.0 Å². The monoisotopic (exact) mass is 418 g/mol. The van der Waals surface area contributed by atoms with Crippen LogP contribution in [0.1, 0.15) is 46.5 Å². The summed E-state index contributed by atoms with van der Waals surface area (Å²) in [5.41, 5.74) is -0.505. The molecular weight excluding hydrogens is 388 g/mol. The molecule has 1 saturated carbocycles. The van der Waals surface area contributed by atoms with E-state index in [-0.39, 0.29) is 10.7 Å². The van der Waals surface area contributed by atoms with E-state index in [2.05, 4.69) is 13.8 Å². The lowest BCUT2D eigenvalue weighted by molar-refractivity contribution is -0.568. The van der Waals surface area contributed by atoms with E-state index in [9.17, 15) is 4.79 Å². The van der Waals surface area contributed by atoms with E-state index in [0.717, 1.165) is 31.0 Å². The van der Waals surface area contributed by atoms with Gasteiger partial charge in [0.2, 0.25) is 5.79 Å². The van der Waals surface area contributed by atoms with Crippen molar-refractivity contribution in [3.05, 3.63) is 0 Å². The summed E-state index contributed by atoms with van der Waals surface area (Å²) in [7, 11) is 0. The second kappa shape index (κ2) is 7.69. The van der Waals surface area contributed by atoms with Crippen molar-refractivity contribution < 1.29 is 28.8 Å². The molecule has 5 rings (SSSR count). The zero-order valence-corrected chi connectivity index (χ0v) is 18.1. The molecule has 4 aliphatic heterocycles. The van der Waals surface area contributed by atoms with Crippen molar-refractivity contribution in [2.45, 2.75) is 69.6 Å². The molecule has 0 amide bonds. The quantitative estimate of drug-likeness (QED) is 0.377. The Balaban J connectivity index is 1.51. The van der Waals surface area contributed by atoms with E-state index in [0.29, 0.717) is 36.0 Å². The van der Waals surface area contributed by atoms with Gasteiger partial charge in [-0.3, -0.25) is 0 Å². The topological polar surface area (TPSA) is 63.2 Å². The minimum atomic E-state index is -0.735. The van der Waals surface area contributed by atoms with Crippen molar-refractivity contribution in [1.82, 2.24) is 0 Å². The lowest BCUT2D eigenvalue weighted by Gasteiger charge is -2.60. The van der Waals surface area contributed by atoms with E-state index in [4.69, 9.17) is 24.0 Å². The highest BCUT2D eigenvalue weighted by Crippen LogP contribution is 2.61. The van der Waals surface area contributed by atoms with Crippen molar-refractivity contribution >= 4 is 28.8 Å². The number of hydrogen-bond donors (Lipinski definition) is 0. The van der Waals surface area contributed by atoms with Crippen molar-refractivity contribution in [3.8, 4) is 0 Å². The number of rotatable bonds is 4. The molecule has 27 heavy (non-hydrogen) atoms. The third-order valence-corrected chi connectivity index (χ3v) is 8.57. The molecule has 8 atom stereocenters. The van der Waals surface area contributed by atoms with Gasteiger partial charge in [0.1, 0.15) is 12.0 Å². The molecule has 8 heteroatoms. The third kappa shape index (κ3) is 3.44. The molecule has 154 valence electrons. The number of carbonyl (C=O) groups excluding carboxylic acids is 1. The molecule has 6 nitrogen and oxygen atoms in total. The smallest absolute Gasteiger partial charge is 0.367 e. The Morgan fingerprint density at radius 2 is 2.00 bits per heavy atom. The molecule has 0 unspecified atom stereocenters. The molecule has 5 aliphatic rings. The molecule has 1 spiro atoms. The van der Waals surface area contributed by atoms with Gasteiger partial charge in [-0.05, 0) is 62.0 Å². The van der Waals surface area contributed by atoms with E-state index < -0.39 is 17.7 Å². The summed E-state index contributed by atoms with van der Waals surface area (Å²) in [6.45, 7) is 6.91. The van der Waals surface area contributed by atoms with Crippen molar-refractivity contribution in [2.75, 3.05) is 18.6 Å². The van der Waals surface area contributed by atoms with Crippen LogP contribution in [-0.2, 0) is 24.0 Å². The van der Waals surface area contributed by atoms with E-state index in [1.807, 2.05) is 6.92 Å². The molecular formula is C19H30O6S2. The number of thioether (sulfide) groups is 2. The summed E-state index contributed by atoms with van der Waals surface area (Å²) in [6, 6.07) is 0. The van der Waals surface area contributed by atoms with Crippen LogP contribution in [0.3, 0.4) is 0 Å². The SMILES string of the molecule is CSC(=O)OCCS[C@@H]1O[C@@H]2O[C@@]3(C)CC[C@H]4[C@H](C)CC[C@@H]([C@H]1C)[C@@]24OO3. The Bertz CT molecular complexity index is 576. The van der Waals surface area contributed by atoms with Crippen molar-refractivity contribution in [1.29, 1.82) is 0 Å². The predicted octanol–water partition coefficient (Wildman–Crippen LogP) is 4.43. The first kappa shape index (κ1) is 20.3. The molecule has 4 heterocycles. The van der Waals surface area contributed by atoms with Gasteiger partial charge in [0, 0.05) is 18.1 Å². The first-order chi connectivity index (χ1) is 12.9. The van der Waals surface area contributed by atoms with Crippen molar-refractivity contribution in [3.63, 3.8) is 0 Å². The minimum Gasteiger partial charge on any atom is -0.457 e. The normalized spacial score (nSPS) is 48.6. The number of ether oxygens (including phenoxy) is 3. The molecule has 2 bridgehead atoms. The second-order valence-electron chi connectivity index (χ2n) is 8.45.